The summed E-state index contributed by atoms with van der Waals surface area (Å²) in [6.45, 7) is 2.03. The SMILES string of the molecule is COc1cc(NC(C)c2ccco2)cc(OC)c1. The summed E-state index contributed by atoms with van der Waals surface area (Å²) in [6.07, 6.45) is 1.67. The summed E-state index contributed by atoms with van der Waals surface area (Å²) in [4.78, 5) is 0. The topological polar surface area (TPSA) is 43.6 Å². The van der Waals surface area contributed by atoms with E-state index in [0.717, 1.165) is 22.9 Å². The molecule has 18 heavy (non-hydrogen) atoms. The third kappa shape index (κ3) is 2.77. The van der Waals surface area contributed by atoms with E-state index in [-0.39, 0.29) is 6.04 Å². The number of ether oxygens (including phenoxy) is 2. The molecule has 1 heterocycles. The zero-order valence-electron chi connectivity index (χ0n) is 10.8. The first-order chi connectivity index (χ1) is 8.72. The average Bonchev–Trinajstić information content (AvgIpc) is 2.92. The van der Waals surface area contributed by atoms with E-state index in [1.807, 2.05) is 37.3 Å². The molecule has 0 saturated carbocycles. The zero-order chi connectivity index (χ0) is 13.0. The average molecular weight is 247 g/mol. The van der Waals surface area contributed by atoms with Crippen LogP contribution in [0.2, 0.25) is 0 Å². The Kier molecular flexibility index (Phi) is 3.77. The van der Waals surface area contributed by atoms with Gasteiger partial charge in [0.2, 0.25) is 0 Å². The van der Waals surface area contributed by atoms with E-state index < -0.39 is 0 Å². The fourth-order valence-corrected chi connectivity index (χ4v) is 1.75. The first-order valence-electron chi connectivity index (χ1n) is 5.76. The lowest BCUT2D eigenvalue weighted by molar-refractivity contribution is 0.394. The second kappa shape index (κ2) is 5.49. The predicted molar refractivity (Wildman–Crippen MR) is 70.3 cm³/mol. The van der Waals surface area contributed by atoms with E-state index in [0.29, 0.717) is 0 Å². The number of anilines is 1. The molecule has 4 heteroatoms. The lowest BCUT2D eigenvalue weighted by Gasteiger charge is -2.15. The van der Waals surface area contributed by atoms with Gasteiger partial charge >= 0.3 is 0 Å². The maximum Gasteiger partial charge on any atom is 0.125 e. The monoisotopic (exact) mass is 247 g/mol. The van der Waals surface area contributed by atoms with E-state index in [1.165, 1.54) is 0 Å². The van der Waals surface area contributed by atoms with Crippen molar-refractivity contribution in [2.24, 2.45) is 0 Å². The maximum absolute atomic E-state index is 5.36. The molecular formula is C14H17NO3. The summed E-state index contributed by atoms with van der Waals surface area (Å²) in [7, 11) is 3.27. The van der Waals surface area contributed by atoms with Crippen LogP contribution >= 0.6 is 0 Å². The van der Waals surface area contributed by atoms with Crippen molar-refractivity contribution in [3.63, 3.8) is 0 Å². The quantitative estimate of drug-likeness (QED) is 0.878. The summed E-state index contributed by atoms with van der Waals surface area (Å²) in [5, 5.41) is 3.34. The first-order valence-corrected chi connectivity index (χ1v) is 5.76. The second-order valence-electron chi connectivity index (χ2n) is 3.98. The van der Waals surface area contributed by atoms with Crippen LogP contribution in [0.5, 0.6) is 11.5 Å². The summed E-state index contributed by atoms with van der Waals surface area (Å²) in [6, 6.07) is 9.57. The van der Waals surface area contributed by atoms with Crippen LogP contribution in [-0.4, -0.2) is 14.2 Å². The Balaban J connectivity index is 2.17. The third-order valence-corrected chi connectivity index (χ3v) is 2.70. The fraction of sp³-hybridized carbons (Fsp3) is 0.286. The van der Waals surface area contributed by atoms with Crippen molar-refractivity contribution in [1.82, 2.24) is 0 Å². The molecule has 0 fully saturated rings. The van der Waals surface area contributed by atoms with Gasteiger partial charge in [0.25, 0.3) is 0 Å². The lowest BCUT2D eigenvalue weighted by atomic mass is 10.2. The molecule has 1 atom stereocenters. The Hall–Kier alpha value is -2.10. The molecule has 0 saturated heterocycles. The molecule has 2 rings (SSSR count). The van der Waals surface area contributed by atoms with Gasteiger partial charge in [-0.2, -0.15) is 0 Å². The second-order valence-corrected chi connectivity index (χ2v) is 3.98. The maximum atomic E-state index is 5.36. The molecule has 1 aromatic heterocycles. The Bertz CT molecular complexity index is 471. The van der Waals surface area contributed by atoms with E-state index >= 15 is 0 Å². The summed E-state index contributed by atoms with van der Waals surface area (Å²) < 4.78 is 15.8. The molecular weight excluding hydrogens is 230 g/mol. The highest BCUT2D eigenvalue weighted by atomic mass is 16.5. The van der Waals surface area contributed by atoms with Crippen LogP contribution in [0.1, 0.15) is 18.7 Å². The van der Waals surface area contributed by atoms with Crippen LogP contribution in [-0.2, 0) is 0 Å². The molecule has 0 spiro atoms. The number of furan rings is 1. The van der Waals surface area contributed by atoms with E-state index in [2.05, 4.69) is 5.32 Å². The Morgan fingerprint density at radius 2 is 1.78 bits per heavy atom. The van der Waals surface area contributed by atoms with E-state index in [9.17, 15) is 0 Å². The predicted octanol–water partition coefficient (Wildman–Crippen LogP) is 3.47. The van der Waals surface area contributed by atoms with Gasteiger partial charge in [0.05, 0.1) is 26.5 Å². The molecule has 0 aliphatic heterocycles. The molecule has 0 aliphatic carbocycles. The Labute approximate surface area is 107 Å². The lowest BCUT2D eigenvalue weighted by Crippen LogP contribution is -2.05. The van der Waals surface area contributed by atoms with Crippen LogP contribution in [0.4, 0.5) is 5.69 Å². The molecule has 1 N–H and O–H groups in total. The van der Waals surface area contributed by atoms with Crippen molar-refractivity contribution < 1.29 is 13.9 Å². The van der Waals surface area contributed by atoms with Crippen molar-refractivity contribution >= 4 is 5.69 Å². The van der Waals surface area contributed by atoms with Crippen molar-refractivity contribution in [2.45, 2.75) is 13.0 Å². The van der Waals surface area contributed by atoms with Gasteiger partial charge in [-0.05, 0) is 19.1 Å². The third-order valence-electron chi connectivity index (χ3n) is 2.70. The van der Waals surface area contributed by atoms with Crippen molar-refractivity contribution in [3.05, 3.63) is 42.4 Å². The molecule has 1 aromatic carbocycles. The van der Waals surface area contributed by atoms with Gasteiger partial charge in [-0.1, -0.05) is 0 Å². The minimum atomic E-state index is 0.0804. The van der Waals surface area contributed by atoms with Crippen molar-refractivity contribution in [3.8, 4) is 11.5 Å². The van der Waals surface area contributed by atoms with Gasteiger partial charge in [-0.25, -0.2) is 0 Å². The molecule has 0 radical (unpaired) electrons. The highest BCUT2D eigenvalue weighted by molar-refractivity contribution is 5.54. The number of hydrogen-bond donors (Lipinski definition) is 1. The van der Waals surface area contributed by atoms with Crippen molar-refractivity contribution in [2.75, 3.05) is 19.5 Å². The summed E-state index contributed by atoms with van der Waals surface area (Å²) >= 11 is 0. The largest absolute Gasteiger partial charge is 0.497 e. The normalized spacial score (nSPS) is 11.9. The molecule has 2 aromatic rings. The molecule has 0 amide bonds. The molecule has 4 nitrogen and oxygen atoms in total. The van der Waals surface area contributed by atoms with Gasteiger partial charge in [-0.3, -0.25) is 0 Å². The van der Waals surface area contributed by atoms with Gasteiger partial charge in [-0.15, -0.1) is 0 Å². The minimum absolute atomic E-state index is 0.0804. The number of nitrogens with one attached hydrogen (secondary N) is 1. The Morgan fingerprint density at radius 3 is 2.28 bits per heavy atom. The molecule has 0 aliphatic rings. The first kappa shape index (κ1) is 12.4. The van der Waals surface area contributed by atoms with Crippen LogP contribution < -0.4 is 14.8 Å². The Morgan fingerprint density at radius 1 is 1.11 bits per heavy atom. The van der Waals surface area contributed by atoms with Crippen LogP contribution in [0, 0.1) is 0 Å². The van der Waals surface area contributed by atoms with Crippen molar-refractivity contribution in [1.29, 1.82) is 0 Å². The van der Waals surface area contributed by atoms with Crippen LogP contribution in [0.15, 0.2) is 41.0 Å². The summed E-state index contributed by atoms with van der Waals surface area (Å²) in [5.41, 5.74) is 0.926. The molecule has 96 valence electrons. The van der Waals surface area contributed by atoms with Crippen LogP contribution in [0.25, 0.3) is 0 Å². The van der Waals surface area contributed by atoms with E-state index in [4.69, 9.17) is 13.9 Å². The van der Waals surface area contributed by atoms with Crippen LogP contribution in [0.3, 0.4) is 0 Å². The van der Waals surface area contributed by atoms with Gasteiger partial charge in [0, 0.05) is 23.9 Å². The zero-order valence-corrected chi connectivity index (χ0v) is 10.8. The smallest absolute Gasteiger partial charge is 0.125 e. The van der Waals surface area contributed by atoms with E-state index in [1.54, 1.807) is 20.5 Å². The van der Waals surface area contributed by atoms with Gasteiger partial charge in [0.15, 0.2) is 0 Å². The fourth-order valence-electron chi connectivity index (χ4n) is 1.75. The number of hydrogen-bond acceptors (Lipinski definition) is 4. The standard InChI is InChI=1S/C14H17NO3/c1-10(14-5-4-6-18-14)15-11-7-12(16-2)9-13(8-11)17-3/h4-10,15H,1-3H3. The molecule has 1 unspecified atom stereocenters. The van der Waals surface area contributed by atoms with Gasteiger partial charge in [0.1, 0.15) is 17.3 Å². The summed E-state index contributed by atoms with van der Waals surface area (Å²) in [5.74, 6) is 2.39. The van der Waals surface area contributed by atoms with Gasteiger partial charge < -0.3 is 19.2 Å². The number of benzene rings is 1. The number of methoxy groups -OCH3 is 2. The number of rotatable bonds is 5. The highest BCUT2D eigenvalue weighted by Gasteiger charge is 2.09. The molecule has 0 bridgehead atoms. The minimum Gasteiger partial charge on any atom is -0.497 e. The highest BCUT2D eigenvalue weighted by Crippen LogP contribution is 2.28.